The first-order valence-corrected chi connectivity index (χ1v) is 8.47. The minimum absolute atomic E-state index is 0.105. The number of amides is 2. The lowest BCUT2D eigenvalue weighted by Gasteiger charge is -2.13. The van der Waals surface area contributed by atoms with Crippen molar-refractivity contribution in [2.75, 3.05) is 13.1 Å². The van der Waals surface area contributed by atoms with Crippen LogP contribution in [0.4, 0.5) is 0 Å². The van der Waals surface area contributed by atoms with Crippen LogP contribution in [0.15, 0.2) is 34.8 Å². The summed E-state index contributed by atoms with van der Waals surface area (Å²) in [4.78, 5) is 35.8. The SMILES string of the molecule is C#CCNC(=O)c1ccc(=O)n(CC(=O)NCCC2=CCCCC2)c1. The number of carbonyl (C=O) groups excluding carboxylic acids is 2. The highest BCUT2D eigenvalue weighted by atomic mass is 16.2. The van der Waals surface area contributed by atoms with Crippen molar-refractivity contribution in [2.45, 2.75) is 38.6 Å². The summed E-state index contributed by atoms with van der Waals surface area (Å²) in [6.07, 6.45) is 14.2. The summed E-state index contributed by atoms with van der Waals surface area (Å²) in [5.74, 6) is 1.68. The summed E-state index contributed by atoms with van der Waals surface area (Å²) >= 11 is 0. The number of allylic oxidation sites excluding steroid dienone is 1. The predicted octanol–water partition coefficient (Wildman–Crippen LogP) is 1.22. The second-order valence-electron chi connectivity index (χ2n) is 5.98. The van der Waals surface area contributed by atoms with Crippen LogP contribution in [-0.4, -0.2) is 29.5 Å². The van der Waals surface area contributed by atoms with Crippen LogP contribution in [0.25, 0.3) is 0 Å². The first-order valence-electron chi connectivity index (χ1n) is 8.47. The van der Waals surface area contributed by atoms with Crippen molar-refractivity contribution in [1.82, 2.24) is 15.2 Å². The number of carbonyl (C=O) groups is 2. The molecule has 6 heteroatoms. The molecule has 2 amide bonds. The van der Waals surface area contributed by atoms with Crippen LogP contribution in [0.3, 0.4) is 0 Å². The van der Waals surface area contributed by atoms with Crippen molar-refractivity contribution in [3.8, 4) is 12.3 Å². The van der Waals surface area contributed by atoms with Crippen molar-refractivity contribution in [2.24, 2.45) is 0 Å². The molecule has 1 aromatic heterocycles. The molecule has 0 aliphatic heterocycles. The Balaban J connectivity index is 1.89. The van der Waals surface area contributed by atoms with Gasteiger partial charge in [0.2, 0.25) is 5.91 Å². The third-order valence-electron chi connectivity index (χ3n) is 4.06. The topological polar surface area (TPSA) is 80.2 Å². The molecule has 25 heavy (non-hydrogen) atoms. The number of terminal acetylenes is 1. The van der Waals surface area contributed by atoms with Gasteiger partial charge in [0.05, 0.1) is 12.1 Å². The lowest BCUT2D eigenvalue weighted by Crippen LogP contribution is -2.33. The molecule has 1 aliphatic rings. The molecule has 2 N–H and O–H groups in total. The van der Waals surface area contributed by atoms with Gasteiger partial charge in [-0.15, -0.1) is 6.42 Å². The summed E-state index contributed by atoms with van der Waals surface area (Å²) in [6.45, 7) is 0.546. The van der Waals surface area contributed by atoms with Gasteiger partial charge in [-0.1, -0.05) is 17.6 Å². The fraction of sp³-hybridized carbons (Fsp3) is 0.421. The number of hydrogen-bond donors (Lipinski definition) is 2. The van der Waals surface area contributed by atoms with E-state index >= 15 is 0 Å². The van der Waals surface area contributed by atoms with Crippen LogP contribution >= 0.6 is 0 Å². The van der Waals surface area contributed by atoms with E-state index < -0.39 is 0 Å². The van der Waals surface area contributed by atoms with E-state index in [0.29, 0.717) is 6.54 Å². The van der Waals surface area contributed by atoms with Crippen molar-refractivity contribution < 1.29 is 9.59 Å². The Labute approximate surface area is 147 Å². The Morgan fingerprint density at radius 1 is 1.24 bits per heavy atom. The summed E-state index contributed by atoms with van der Waals surface area (Å²) in [5, 5.41) is 5.34. The molecular weight excluding hydrogens is 318 g/mol. The number of nitrogens with zero attached hydrogens (tertiary/aromatic N) is 1. The maximum Gasteiger partial charge on any atom is 0.253 e. The molecule has 0 unspecified atom stereocenters. The molecule has 0 fully saturated rings. The van der Waals surface area contributed by atoms with E-state index in [4.69, 9.17) is 6.42 Å². The Hall–Kier alpha value is -2.81. The zero-order valence-corrected chi connectivity index (χ0v) is 14.2. The fourth-order valence-electron chi connectivity index (χ4n) is 2.73. The summed E-state index contributed by atoms with van der Waals surface area (Å²) in [6, 6.07) is 2.68. The van der Waals surface area contributed by atoms with Crippen molar-refractivity contribution in [1.29, 1.82) is 0 Å². The molecule has 0 saturated carbocycles. The zero-order chi connectivity index (χ0) is 18.1. The number of nitrogens with one attached hydrogen (secondary N) is 2. The normalized spacial score (nSPS) is 13.5. The van der Waals surface area contributed by atoms with Crippen LogP contribution < -0.4 is 16.2 Å². The minimum Gasteiger partial charge on any atom is -0.354 e. The Kier molecular flexibility index (Phi) is 7.02. The molecule has 0 saturated heterocycles. The highest BCUT2D eigenvalue weighted by Gasteiger charge is 2.10. The second kappa shape index (κ2) is 9.48. The van der Waals surface area contributed by atoms with Crippen molar-refractivity contribution in [3.05, 3.63) is 45.9 Å². The smallest absolute Gasteiger partial charge is 0.253 e. The average Bonchev–Trinajstić information content (AvgIpc) is 2.62. The zero-order valence-electron chi connectivity index (χ0n) is 14.2. The quantitative estimate of drug-likeness (QED) is 0.578. The van der Waals surface area contributed by atoms with E-state index in [9.17, 15) is 14.4 Å². The van der Waals surface area contributed by atoms with Crippen LogP contribution in [0.5, 0.6) is 0 Å². The highest BCUT2D eigenvalue weighted by molar-refractivity contribution is 5.94. The van der Waals surface area contributed by atoms with E-state index in [2.05, 4.69) is 22.6 Å². The van der Waals surface area contributed by atoms with Gasteiger partial charge < -0.3 is 15.2 Å². The monoisotopic (exact) mass is 341 g/mol. The largest absolute Gasteiger partial charge is 0.354 e. The molecule has 132 valence electrons. The summed E-state index contributed by atoms with van der Waals surface area (Å²) < 4.78 is 1.22. The van der Waals surface area contributed by atoms with Crippen molar-refractivity contribution in [3.63, 3.8) is 0 Å². The van der Waals surface area contributed by atoms with Crippen molar-refractivity contribution >= 4 is 11.8 Å². The molecule has 1 aromatic rings. The van der Waals surface area contributed by atoms with Gasteiger partial charge in [0.15, 0.2) is 0 Å². The highest BCUT2D eigenvalue weighted by Crippen LogP contribution is 2.19. The van der Waals surface area contributed by atoms with Gasteiger partial charge in [0.25, 0.3) is 11.5 Å². The van der Waals surface area contributed by atoms with Gasteiger partial charge in [-0.25, -0.2) is 0 Å². The predicted molar refractivity (Wildman–Crippen MR) is 96.0 cm³/mol. The average molecular weight is 341 g/mol. The van der Waals surface area contributed by atoms with Gasteiger partial charge in [-0.2, -0.15) is 0 Å². The van der Waals surface area contributed by atoms with Gasteiger partial charge >= 0.3 is 0 Å². The number of pyridine rings is 1. The maximum atomic E-state index is 12.0. The Morgan fingerprint density at radius 2 is 2.08 bits per heavy atom. The van der Waals surface area contributed by atoms with Crippen LogP contribution in [0.2, 0.25) is 0 Å². The molecule has 1 aliphatic carbocycles. The van der Waals surface area contributed by atoms with Gasteiger partial charge in [-0.05, 0) is 38.2 Å². The molecule has 0 atom stereocenters. The van der Waals surface area contributed by atoms with Gasteiger partial charge in [0, 0.05) is 18.8 Å². The minimum atomic E-state index is -0.378. The fourth-order valence-corrected chi connectivity index (χ4v) is 2.73. The standard InChI is InChI=1S/C19H23N3O3/c1-2-11-21-19(25)16-8-9-18(24)22(13-16)14-17(23)20-12-10-15-6-4-3-5-7-15/h1,6,8-9,13H,3-5,7,10-12,14H2,(H,20,23)(H,21,25). The molecule has 0 bridgehead atoms. The first-order chi connectivity index (χ1) is 12.1. The van der Waals surface area contributed by atoms with E-state index in [1.165, 1.54) is 41.3 Å². The molecule has 0 spiro atoms. The number of aromatic nitrogens is 1. The van der Waals surface area contributed by atoms with E-state index in [1.807, 2.05) is 0 Å². The third kappa shape index (κ3) is 5.96. The molecule has 1 heterocycles. The third-order valence-corrected chi connectivity index (χ3v) is 4.06. The van der Waals surface area contributed by atoms with Gasteiger partial charge in [-0.3, -0.25) is 14.4 Å². The van der Waals surface area contributed by atoms with E-state index in [-0.39, 0.29) is 36.0 Å². The van der Waals surface area contributed by atoms with E-state index in [0.717, 1.165) is 19.3 Å². The van der Waals surface area contributed by atoms with Crippen LogP contribution in [0, 0.1) is 12.3 Å². The van der Waals surface area contributed by atoms with Gasteiger partial charge in [0.1, 0.15) is 6.54 Å². The summed E-state index contributed by atoms with van der Waals surface area (Å²) in [7, 11) is 0. The molecule has 2 rings (SSSR count). The van der Waals surface area contributed by atoms with Crippen LogP contribution in [0.1, 0.15) is 42.5 Å². The lowest BCUT2D eigenvalue weighted by atomic mass is 9.97. The number of hydrogen-bond acceptors (Lipinski definition) is 3. The summed E-state index contributed by atoms with van der Waals surface area (Å²) in [5.41, 5.74) is 1.34. The molecular formula is C19H23N3O3. The van der Waals surface area contributed by atoms with Crippen LogP contribution in [-0.2, 0) is 11.3 Å². The second-order valence-corrected chi connectivity index (χ2v) is 5.98. The number of rotatable bonds is 7. The molecule has 6 nitrogen and oxygen atoms in total. The maximum absolute atomic E-state index is 12.0. The lowest BCUT2D eigenvalue weighted by molar-refractivity contribution is -0.121. The van der Waals surface area contributed by atoms with E-state index in [1.54, 1.807) is 0 Å². The molecule has 0 aromatic carbocycles. The Bertz CT molecular complexity index is 756. The Morgan fingerprint density at radius 3 is 2.80 bits per heavy atom. The molecule has 0 radical (unpaired) electrons. The first kappa shape index (κ1) is 18.5.